The van der Waals surface area contributed by atoms with Crippen LogP contribution in [0.5, 0.6) is 0 Å². The van der Waals surface area contributed by atoms with Gasteiger partial charge < -0.3 is 39.0 Å². The number of nitrogens with zero attached hydrogens (tertiary/aromatic N) is 5. The van der Waals surface area contributed by atoms with E-state index in [2.05, 4.69) is 19.9 Å². The minimum absolute atomic E-state index is 0.0593. The van der Waals surface area contributed by atoms with Gasteiger partial charge in [0.1, 0.15) is 24.2 Å². The third kappa shape index (κ3) is 7.72. The Bertz CT molecular complexity index is 1350. The number of ether oxygens (including phenoxy) is 3. The molecule has 0 aromatic carbocycles. The largest absolute Gasteiger partial charge is 0.394 e. The van der Waals surface area contributed by atoms with Gasteiger partial charge in [-0.05, 0) is 18.2 Å². The van der Waals surface area contributed by atoms with Crippen molar-refractivity contribution in [2.75, 3.05) is 45.9 Å². The Kier molecular flexibility index (Phi) is 11.0. The van der Waals surface area contributed by atoms with Crippen LogP contribution in [-0.2, 0) is 35.1 Å². The van der Waals surface area contributed by atoms with Gasteiger partial charge in [-0.3, -0.25) is 18.9 Å². The zero-order chi connectivity index (χ0) is 27.7. The Morgan fingerprint density at radius 1 is 1.16 bits per heavy atom. The Labute approximate surface area is 221 Å². The monoisotopic (exact) mass is 575 g/mol. The van der Waals surface area contributed by atoms with Crippen LogP contribution in [0.25, 0.3) is 11.2 Å². The molecule has 0 aliphatic carbocycles. The van der Waals surface area contributed by atoms with E-state index in [9.17, 15) is 14.5 Å². The smallest absolute Gasteiger partial charge is 0.330 e. The molecule has 1 unspecified atom stereocenters. The van der Waals surface area contributed by atoms with E-state index >= 15 is 0 Å². The maximum atomic E-state index is 12.2. The fourth-order valence-corrected chi connectivity index (χ4v) is 4.57. The number of hydrogen-bond donors (Lipinski definition) is 4. The van der Waals surface area contributed by atoms with Crippen LogP contribution < -0.4 is 17.0 Å². The van der Waals surface area contributed by atoms with E-state index < -0.39 is 36.5 Å². The lowest BCUT2D eigenvalue weighted by atomic mass is 10.3. The van der Waals surface area contributed by atoms with E-state index in [1.54, 1.807) is 10.9 Å². The number of imidazole rings is 1. The van der Waals surface area contributed by atoms with Crippen molar-refractivity contribution in [1.82, 2.24) is 29.1 Å². The molecule has 0 fully saturated rings. The summed E-state index contributed by atoms with van der Waals surface area (Å²) in [6, 6.07) is 1.13. The molecule has 5 N–H and O–H groups in total. The molecule has 4 atom stereocenters. The highest BCUT2D eigenvalue weighted by atomic mass is 32.5. The SMILES string of the molecule is CC[C@@H](OCCOP(O)(=S)OC[C@H](OC)[C@@H](OCCO)n1ccc(=O)[nH]c1=O)n1cnc2c(N)ncnc21. The minimum atomic E-state index is -3.74. The molecule has 16 nitrogen and oxygen atoms in total. The summed E-state index contributed by atoms with van der Waals surface area (Å²) in [7, 11) is 1.33. The van der Waals surface area contributed by atoms with E-state index in [0.29, 0.717) is 17.6 Å². The van der Waals surface area contributed by atoms with Crippen LogP contribution in [0.3, 0.4) is 0 Å². The van der Waals surface area contributed by atoms with E-state index in [-0.39, 0.29) is 38.9 Å². The first kappa shape index (κ1) is 29.9. The highest BCUT2D eigenvalue weighted by Crippen LogP contribution is 2.44. The maximum Gasteiger partial charge on any atom is 0.330 e. The normalized spacial score (nSPS) is 15.8. The third-order valence-electron chi connectivity index (χ3n) is 5.22. The van der Waals surface area contributed by atoms with Crippen LogP contribution in [0.15, 0.2) is 34.5 Å². The Balaban J connectivity index is 1.56. The summed E-state index contributed by atoms with van der Waals surface area (Å²) < 4.78 is 30.3. The number of aliphatic hydroxyl groups excluding tert-OH is 1. The molecule has 3 rings (SSSR count). The van der Waals surface area contributed by atoms with Crippen LogP contribution in [0, 0.1) is 0 Å². The summed E-state index contributed by atoms with van der Waals surface area (Å²) in [6.07, 6.45) is 2.17. The third-order valence-corrected chi connectivity index (χ3v) is 6.84. The van der Waals surface area contributed by atoms with Gasteiger partial charge in [-0.25, -0.2) is 19.7 Å². The van der Waals surface area contributed by atoms with Crippen molar-refractivity contribution >= 4 is 35.5 Å². The molecule has 210 valence electrons. The van der Waals surface area contributed by atoms with Gasteiger partial charge in [-0.2, -0.15) is 0 Å². The number of H-pyrrole nitrogens is 1. The van der Waals surface area contributed by atoms with Crippen molar-refractivity contribution < 1.29 is 33.3 Å². The lowest BCUT2D eigenvalue weighted by Gasteiger charge is -2.28. The van der Waals surface area contributed by atoms with E-state index in [0.717, 1.165) is 10.6 Å². The van der Waals surface area contributed by atoms with Gasteiger partial charge in [0.2, 0.25) is 0 Å². The summed E-state index contributed by atoms with van der Waals surface area (Å²) in [5.41, 5.74) is 5.46. The number of nitrogens with one attached hydrogen (secondary N) is 1. The van der Waals surface area contributed by atoms with Crippen molar-refractivity contribution in [3.05, 3.63) is 45.8 Å². The average molecular weight is 576 g/mol. The van der Waals surface area contributed by atoms with Crippen LogP contribution >= 0.6 is 6.72 Å². The van der Waals surface area contributed by atoms with Crippen LogP contribution in [0.2, 0.25) is 0 Å². The molecule has 0 aliphatic rings. The standard InChI is InChI=1S/C20H30N7O9PS/c1-3-15(27-12-24-16-17(21)22-11-23-18(16)27)33-8-9-35-37(31,38)36-10-13(32-2)19(34-7-6-28)26-5-4-14(29)25-20(26)30/h4-5,11-13,15,19,28H,3,6-10H2,1-2H3,(H,31,38)(H2,21,22,23)(H,25,29,30)/t13-,15+,19+,37?/m0/s1. The van der Waals surface area contributed by atoms with Crippen molar-refractivity contribution in [1.29, 1.82) is 0 Å². The van der Waals surface area contributed by atoms with E-state index in [1.165, 1.54) is 19.6 Å². The molecule has 0 spiro atoms. The van der Waals surface area contributed by atoms with Crippen LogP contribution in [-0.4, -0.2) is 85.3 Å². The van der Waals surface area contributed by atoms with E-state index in [4.69, 9.17) is 45.9 Å². The number of nitrogens with two attached hydrogens (primary N) is 1. The summed E-state index contributed by atoms with van der Waals surface area (Å²) in [6.45, 7) is -2.66. The van der Waals surface area contributed by atoms with E-state index in [1.807, 2.05) is 6.92 Å². The van der Waals surface area contributed by atoms with Crippen molar-refractivity contribution in [2.45, 2.75) is 31.9 Å². The van der Waals surface area contributed by atoms with Gasteiger partial charge in [0.15, 0.2) is 17.7 Å². The van der Waals surface area contributed by atoms with Gasteiger partial charge in [0.25, 0.3) is 5.56 Å². The van der Waals surface area contributed by atoms with Crippen molar-refractivity contribution in [3.63, 3.8) is 0 Å². The molecular formula is C20H30N7O9PS. The fraction of sp³-hybridized carbons (Fsp3) is 0.550. The number of aromatic nitrogens is 6. The highest BCUT2D eigenvalue weighted by molar-refractivity contribution is 8.07. The quantitative estimate of drug-likeness (QED) is 0.127. The fourth-order valence-electron chi connectivity index (χ4n) is 3.45. The number of anilines is 1. The lowest BCUT2D eigenvalue weighted by Crippen LogP contribution is -2.40. The number of fused-ring (bicyclic) bond motifs is 1. The highest BCUT2D eigenvalue weighted by Gasteiger charge is 2.28. The predicted octanol–water partition coefficient (Wildman–Crippen LogP) is -0.344. The summed E-state index contributed by atoms with van der Waals surface area (Å²) in [5, 5.41) is 9.15. The van der Waals surface area contributed by atoms with Gasteiger partial charge in [0.05, 0.1) is 39.4 Å². The number of rotatable bonds is 16. The number of nitrogen functional groups attached to an aromatic ring is 1. The molecule has 0 saturated heterocycles. The minimum Gasteiger partial charge on any atom is -0.394 e. The molecule has 18 heteroatoms. The first-order valence-corrected chi connectivity index (χ1v) is 14.0. The second-order valence-corrected chi connectivity index (χ2v) is 10.5. The Hall–Kier alpha value is -2.60. The second kappa shape index (κ2) is 14.0. The first-order valence-electron chi connectivity index (χ1n) is 11.4. The molecule has 3 aromatic heterocycles. The van der Waals surface area contributed by atoms with Crippen LogP contribution in [0.4, 0.5) is 5.82 Å². The van der Waals surface area contributed by atoms with Crippen molar-refractivity contribution in [2.24, 2.45) is 0 Å². The topological polar surface area (TPSA) is 211 Å². The molecule has 0 bridgehead atoms. The predicted molar refractivity (Wildman–Crippen MR) is 138 cm³/mol. The molecule has 0 aliphatic heterocycles. The number of aliphatic hydroxyl groups is 1. The lowest BCUT2D eigenvalue weighted by molar-refractivity contribution is -0.118. The Morgan fingerprint density at radius 3 is 2.63 bits per heavy atom. The molecule has 0 amide bonds. The maximum absolute atomic E-state index is 12.2. The summed E-state index contributed by atoms with van der Waals surface area (Å²) in [4.78, 5) is 48.6. The van der Waals surface area contributed by atoms with Gasteiger partial charge in [-0.1, -0.05) is 6.92 Å². The Morgan fingerprint density at radius 2 is 1.95 bits per heavy atom. The van der Waals surface area contributed by atoms with Crippen molar-refractivity contribution in [3.8, 4) is 0 Å². The summed E-state index contributed by atoms with van der Waals surface area (Å²) >= 11 is 5.08. The zero-order valence-corrected chi connectivity index (χ0v) is 22.4. The van der Waals surface area contributed by atoms with Gasteiger partial charge in [-0.15, -0.1) is 0 Å². The first-order chi connectivity index (χ1) is 18.2. The zero-order valence-electron chi connectivity index (χ0n) is 20.7. The molecular weight excluding hydrogens is 545 g/mol. The number of hydrogen-bond acceptors (Lipinski definition) is 13. The summed E-state index contributed by atoms with van der Waals surface area (Å²) in [5.74, 6) is 0.258. The second-order valence-electron chi connectivity index (χ2n) is 7.69. The molecule has 3 heterocycles. The molecule has 0 radical (unpaired) electrons. The molecule has 3 aromatic rings. The van der Waals surface area contributed by atoms with Gasteiger partial charge in [0, 0.05) is 19.4 Å². The van der Waals surface area contributed by atoms with Crippen LogP contribution in [0.1, 0.15) is 25.8 Å². The average Bonchev–Trinajstić information content (AvgIpc) is 3.32. The van der Waals surface area contributed by atoms with Gasteiger partial charge >= 0.3 is 12.4 Å². The number of aromatic amines is 1. The number of methoxy groups -OCH3 is 1. The molecule has 38 heavy (non-hydrogen) atoms. The molecule has 0 saturated carbocycles.